The quantitative estimate of drug-likeness (QED) is 0.520. The van der Waals surface area contributed by atoms with E-state index >= 15 is 0 Å². The van der Waals surface area contributed by atoms with E-state index in [0.717, 1.165) is 22.3 Å². The predicted molar refractivity (Wildman–Crippen MR) is 108 cm³/mol. The van der Waals surface area contributed by atoms with E-state index in [0.29, 0.717) is 0 Å². The number of rotatable bonds is 5. The lowest BCUT2D eigenvalue weighted by molar-refractivity contribution is -0.166. The molecule has 4 N–H and O–H groups in total. The molecule has 9 nitrogen and oxygen atoms in total. The Morgan fingerprint density at radius 3 is 1.26 bits per heavy atom. The number of aliphatic hydroxyl groups is 2. The molecular formula is C22H24O9. The topological polar surface area (TPSA) is 159 Å². The number of carbonyl (C=O) groups excluding carboxylic acids is 4. The molecule has 0 saturated heterocycles. The molecule has 0 aliphatic carbocycles. The molecule has 0 aliphatic rings. The number of aliphatic hydroxyl groups excluding tert-OH is 2. The fourth-order valence-corrected chi connectivity index (χ4v) is 2.42. The van der Waals surface area contributed by atoms with Gasteiger partial charge in [0, 0.05) is 0 Å². The Bertz CT molecular complexity index is 929. The van der Waals surface area contributed by atoms with Crippen LogP contribution in [0.5, 0.6) is 0 Å². The highest BCUT2D eigenvalue weighted by molar-refractivity contribution is 6.01. The van der Waals surface area contributed by atoms with Crippen molar-refractivity contribution < 1.29 is 44.3 Å². The maximum Gasteiger partial charge on any atom is 0.346 e. The monoisotopic (exact) mass is 432 g/mol. The lowest BCUT2D eigenvalue weighted by Crippen LogP contribution is -2.43. The molecule has 31 heavy (non-hydrogen) atoms. The zero-order valence-electron chi connectivity index (χ0n) is 17.5. The van der Waals surface area contributed by atoms with E-state index in [1.165, 1.54) is 24.3 Å². The van der Waals surface area contributed by atoms with Crippen molar-refractivity contribution in [2.24, 2.45) is 0 Å². The van der Waals surface area contributed by atoms with Crippen LogP contribution in [0.4, 0.5) is 0 Å². The fraction of sp³-hybridized carbons (Fsp3) is 0.273. The van der Waals surface area contributed by atoms with Gasteiger partial charge in [0.2, 0.25) is 0 Å². The number of carbonyl (C=O) groups is 4. The summed E-state index contributed by atoms with van der Waals surface area (Å²) >= 11 is 0. The highest BCUT2D eigenvalue weighted by Crippen LogP contribution is 2.13. The van der Waals surface area contributed by atoms with Crippen LogP contribution in [-0.4, -0.2) is 51.8 Å². The van der Waals surface area contributed by atoms with Crippen LogP contribution in [0.1, 0.15) is 43.0 Å². The van der Waals surface area contributed by atoms with Crippen LogP contribution in [0.3, 0.4) is 0 Å². The minimum atomic E-state index is -2.42. The first-order chi connectivity index (χ1) is 14.0. The minimum absolute atomic E-state index is 0. The number of aryl methyl sites for hydroxylation is 4. The lowest BCUT2D eigenvalue weighted by Gasteiger charge is -2.15. The molecule has 2 aromatic rings. The molecule has 2 aromatic carbocycles. The van der Waals surface area contributed by atoms with Gasteiger partial charge < -0.3 is 25.2 Å². The number of esters is 4. The third-order valence-electron chi connectivity index (χ3n) is 4.65. The molecule has 0 amide bonds. The van der Waals surface area contributed by atoms with Gasteiger partial charge in [-0.15, -0.1) is 0 Å². The van der Waals surface area contributed by atoms with Crippen LogP contribution in [0.15, 0.2) is 36.4 Å². The van der Waals surface area contributed by atoms with Crippen molar-refractivity contribution in [3.8, 4) is 0 Å². The van der Waals surface area contributed by atoms with Crippen LogP contribution < -0.4 is 0 Å². The third kappa shape index (κ3) is 6.29. The van der Waals surface area contributed by atoms with Gasteiger partial charge in [0.25, 0.3) is 0 Å². The Balaban J connectivity index is 0.00000480. The molecule has 0 heterocycles. The molecule has 0 aromatic heterocycles. The number of ether oxygens (including phenoxy) is 2. The Kier molecular flexibility index (Phi) is 8.75. The van der Waals surface area contributed by atoms with Crippen molar-refractivity contribution >= 4 is 23.9 Å². The van der Waals surface area contributed by atoms with E-state index in [1.807, 2.05) is 13.8 Å². The Labute approximate surface area is 178 Å². The molecule has 2 atom stereocenters. The lowest BCUT2D eigenvalue weighted by atomic mass is 10.1. The molecule has 9 heteroatoms. The van der Waals surface area contributed by atoms with Crippen molar-refractivity contribution in [2.45, 2.75) is 39.9 Å². The van der Waals surface area contributed by atoms with Crippen LogP contribution in [0.2, 0.25) is 0 Å². The van der Waals surface area contributed by atoms with Gasteiger partial charge in [-0.05, 0) is 74.2 Å². The van der Waals surface area contributed by atoms with Gasteiger partial charge in [-0.25, -0.2) is 19.2 Å². The normalized spacial score (nSPS) is 12.2. The maximum atomic E-state index is 12.0. The van der Waals surface area contributed by atoms with Gasteiger partial charge in [0.15, 0.2) is 12.2 Å². The summed E-state index contributed by atoms with van der Waals surface area (Å²) in [6, 6.07) is 9.14. The second-order valence-corrected chi connectivity index (χ2v) is 6.90. The summed E-state index contributed by atoms with van der Waals surface area (Å²) in [5.74, 6) is -5.23. The fourth-order valence-electron chi connectivity index (χ4n) is 2.42. The summed E-state index contributed by atoms with van der Waals surface area (Å²) in [5, 5.41) is 19.7. The Morgan fingerprint density at radius 1 is 0.645 bits per heavy atom. The number of hydrogen-bond acceptors (Lipinski definition) is 8. The molecule has 0 fully saturated rings. The van der Waals surface area contributed by atoms with E-state index in [2.05, 4.69) is 9.47 Å². The first-order valence-electron chi connectivity index (χ1n) is 9.04. The molecule has 0 saturated carbocycles. The molecule has 0 aliphatic heterocycles. The Hall–Kier alpha value is -3.40. The van der Waals surface area contributed by atoms with E-state index in [1.54, 1.807) is 26.0 Å². The van der Waals surface area contributed by atoms with Crippen molar-refractivity contribution in [3.63, 3.8) is 0 Å². The molecule has 0 bridgehead atoms. The predicted octanol–water partition coefficient (Wildman–Crippen LogP) is 0.884. The number of benzene rings is 2. The van der Waals surface area contributed by atoms with Crippen LogP contribution in [0, 0.1) is 27.7 Å². The van der Waals surface area contributed by atoms with Gasteiger partial charge in [0.1, 0.15) is 0 Å². The second kappa shape index (κ2) is 10.6. The standard InChI is InChI=1S/C22H22O8.H2O/c1-11-5-7-15(9-13(11)3)19(25)29-21(27)17(23)18(24)22(28)30-20(26)16-8-6-12(2)14(4)10-16;/h5-10,17-18,23-24H,1-4H3;1H2/t17-,18-;/m1./s1. The minimum Gasteiger partial charge on any atom is -0.412 e. The van der Waals surface area contributed by atoms with Crippen molar-refractivity contribution in [1.29, 1.82) is 0 Å². The first-order valence-corrected chi connectivity index (χ1v) is 9.04. The van der Waals surface area contributed by atoms with Gasteiger partial charge in [-0.2, -0.15) is 0 Å². The molecular weight excluding hydrogens is 408 g/mol. The zero-order valence-corrected chi connectivity index (χ0v) is 17.5. The van der Waals surface area contributed by atoms with E-state index in [4.69, 9.17) is 0 Å². The van der Waals surface area contributed by atoms with E-state index in [-0.39, 0.29) is 16.6 Å². The summed E-state index contributed by atoms with van der Waals surface area (Å²) in [4.78, 5) is 47.9. The van der Waals surface area contributed by atoms with E-state index < -0.39 is 36.1 Å². The molecule has 2 rings (SSSR count). The zero-order chi connectivity index (χ0) is 22.6. The van der Waals surface area contributed by atoms with Gasteiger partial charge in [-0.3, -0.25) is 0 Å². The van der Waals surface area contributed by atoms with Gasteiger partial charge in [-0.1, -0.05) is 12.1 Å². The maximum absolute atomic E-state index is 12.0. The van der Waals surface area contributed by atoms with Gasteiger partial charge in [0.05, 0.1) is 11.1 Å². The highest BCUT2D eigenvalue weighted by atomic mass is 16.6. The van der Waals surface area contributed by atoms with E-state index in [9.17, 15) is 29.4 Å². The van der Waals surface area contributed by atoms with Crippen LogP contribution >= 0.6 is 0 Å². The summed E-state index contributed by atoms with van der Waals surface area (Å²) in [5.41, 5.74) is 3.52. The summed E-state index contributed by atoms with van der Waals surface area (Å²) in [6.45, 7) is 7.19. The summed E-state index contributed by atoms with van der Waals surface area (Å²) in [7, 11) is 0. The largest absolute Gasteiger partial charge is 0.412 e. The van der Waals surface area contributed by atoms with Crippen LogP contribution in [-0.2, 0) is 19.1 Å². The summed E-state index contributed by atoms with van der Waals surface area (Å²) < 4.78 is 9.00. The van der Waals surface area contributed by atoms with Gasteiger partial charge >= 0.3 is 23.9 Å². The Morgan fingerprint density at radius 2 is 0.968 bits per heavy atom. The van der Waals surface area contributed by atoms with Crippen molar-refractivity contribution in [3.05, 3.63) is 69.8 Å². The average Bonchev–Trinajstić information content (AvgIpc) is 2.70. The highest BCUT2D eigenvalue weighted by Gasteiger charge is 2.35. The number of hydrogen-bond donors (Lipinski definition) is 2. The smallest absolute Gasteiger partial charge is 0.346 e. The molecule has 166 valence electrons. The SMILES string of the molecule is Cc1ccc(C(=O)OC(=O)[C@H](O)[C@@H](O)C(=O)OC(=O)c2ccc(C)c(C)c2)cc1C.O. The summed E-state index contributed by atoms with van der Waals surface area (Å²) in [6.07, 6.45) is -4.83. The average molecular weight is 432 g/mol. The molecule has 0 spiro atoms. The van der Waals surface area contributed by atoms with Crippen LogP contribution in [0.25, 0.3) is 0 Å². The molecule has 0 unspecified atom stereocenters. The third-order valence-corrected chi connectivity index (χ3v) is 4.65. The van der Waals surface area contributed by atoms with Crippen molar-refractivity contribution in [1.82, 2.24) is 0 Å². The van der Waals surface area contributed by atoms with Crippen molar-refractivity contribution in [2.75, 3.05) is 0 Å². The molecule has 0 radical (unpaired) electrons. The second-order valence-electron chi connectivity index (χ2n) is 6.90. The first kappa shape index (κ1) is 25.6.